The Labute approximate surface area is 81.0 Å². The molecule has 1 aromatic heterocycles. The van der Waals surface area contributed by atoms with Crippen LogP contribution in [0.3, 0.4) is 0 Å². The lowest BCUT2D eigenvalue weighted by molar-refractivity contribution is -0.122. The first-order valence-electron chi connectivity index (χ1n) is 4.50. The maximum absolute atomic E-state index is 11.0. The summed E-state index contributed by atoms with van der Waals surface area (Å²) >= 11 is 0. The van der Waals surface area contributed by atoms with Crippen molar-refractivity contribution in [3.8, 4) is 6.01 Å². The Morgan fingerprint density at radius 1 is 1.64 bits per heavy atom. The van der Waals surface area contributed by atoms with Gasteiger partial charge in [-0.05, 0) is 24.8 Å². The zero-order valence-electron chi connectivity index (χ0n) is 7.60. The summed E-state index contributed by atoms with van der Waals surface area (Å²) in [6.45, 7) is 0. The molecule has 74 valence electrons. The molecule has 2 rings (SSSR count). The summed E-state index contributed by atoms with van der Waals surface area (Å²) in [5.74, 6) is -0.389. The number of primary amides is 1. The van der Waals surface area contributed by atoms with Gasteiger partial charge in [-0.25, -0.2) is 9.97 Å². The molecule has 3 N–H and O–H groups in total. The van der Waals surface area contributed by atoms with Crippen LogP contribution < -0.4 is 5.73 Å². The Morgan fingerprint density at radius 2 is 2.43 bits per heavy atom. The van der Waals surface area contributed by atoms with Crippen LogP contribution in [0.2, 0.25) is 0 Å². The lowest BCUT2D eigenvalue weighted by Gasteiger charge is -2.20. The highest BCUT2D eigenvalue weighted by molar-refractivity contribution is 5.77. The molecule has 0 fully saturated rings. The summed E-state index contributed by atoms with van der Waals surface area (Å²) in [7, 11) is 0. The summed E-state index contributed by atoms with van der Waals surface area (Å²) in [5, 5.41) is 9.05. The van der Waals surface area contributed by atoms with E-state index in [1.54, 1.807) is 6.20 Å². The molecule has 1 aliphatic rings. The van der Waals surface area contributed by atoms with E-state index in [4.69, 9.17) is 10.8 Å². The summed E-state index contributed by atoms with van der Waals surface area (Å²) in [4.78, 5) is 18.5. The third-order valence-electron chi connectivity index (χ3n) is 2.54. The molecular formula is C9H11N3O2. The molecule has 0 saturated carbocycles. The van der Waals surface area contributed by atoms with Gasteiger partial charge in [0.2, 0.25) is 5.91 Å². The average molecular weight is 193 g/mol. The number of nitrogens with two attached hydrogens (primary N) is 1. The van der Waals surface area contributed by atoms with Gasteiger partial charge in [-0.2, -0.15) is 0 Å². The lowest BCUT2D eigenvalue weighted by Crippen LogP contribution is -2.29. The van der Waals surface area contributed by atoms with Crippen molar-refractivity contribution < 1.29 is 9.90 Å². The molecule has 0 bridgehead atoms. The number of hydrogen-bond donors (Lipinski definition) is 2. The second-order valence-electron chi connectivity index (χ2n) is 3.48. The Bertz CT molecular complexity index is 378. The SMILES string of the molecule is NC(=O)C1CCc2nc(O)ncc2C1. The minimum atomic E-state index is -0.274. The number of fused-ring (bicyclic) bond motifs is 1. The molecule has 0 spiro atoms. The van der Waals surface area contributed by atoms with Crippen molar-refractivity contribution in [3.05, 3.63) is 17.5 Å². The summed E-state index contributed by atoms with van der Waals surface area (Å²) in [5.41, 5.74) is 6.97. The monoisotopic (exact) mass is 193 g/mol. The fourth-order valence-corrected chi connectivity index (χ4v) is 1.74. The molecule has 0 saturated heterocycles. The molecule has 1 aromatic rings. The van der Waals surface area contributed by atoms with Gasteiger partial charge in [-0.1, -0.05) is 0 Å². The van der Waals surface area contributed by atoms with Gasteiger partial charge in [0.25, 0.3) is 0 Å². The zero-order chi connectivity index (χ0) is 10.1. The van der Waals surface area contributed by atoms with Crippen molar-refractivity contribution in [2.24, 2.45) is 11.7 Å². The second kappa shape index (κ2) is 3.25. The Balaban J connectivity index is 2.27. The van der Waals surface area contributed by atoms with Gasteiger partial charge in [0.1, 0.15) is 0 Å². The fraction of sp³-hybridized carbons (Fsp3) is 0.444. The number of nitrogens with zero attached hydrogens (tertiary/aromatic N) is 2. The lowest BCUT2D eigenvalue weighted by atomic mass is 9.87. The van der Waals surface area contributed by atoms with Crippen molar-refractivity contribution in [1.29, 1.82) is 0 Å². The van der Waals surface area contributed by atoms with Crippen molar-refractivity contribution in [3.63, 3.8) is 0 Å². The molecule has 5 heteroatoms. The van der Waals surface area contributed by atoms with Crippen LogP contribution in [-0.4, -0.2) is 21.0 Å². The number of aromatic hydroxyl groups is 1. The van der Waals surface area contributed by atoms with E-state index in [-0.39, 0.29) is 17.8 Å². The molecule has 0 radical (unpaired) electrons. The molecular weight excluding hydrogens is 182 g/mol. The molecule has 0 aliphatic heterocycles. The third kappa shape index (κ3) is 1.53. The van der Waals surface area contributed by atoms with Gasteiger partial charge in [0, 0.05) is 12.1 Å². The van der Waals surface area contributed by atoms with E-state index in [0.717, 1.165) is 11.3 Å². The van der Waals surface area contributed by atoms with Crippen LogP contribution in [0.25, 0.3) is 0 Å². The first kappa shape index (κ1) is 8.93. The van der Waals surface area contributed by atoms with Crippen LogP contribution in [-0.2, 0) is 17.6 Å². The van der Waals surface area contributed by atoms with Gasteiger partial charge >= 0.3 is 6.01 Å². The molecule has 1 atom stereocenters. The highest BCUT2D eigenvalue weighted by Gasteiger charge is 2.24. The molecule has 1 amide bonds. The predicted octanol–water partition coefficient (Wildman–Crippen LogP) is -0.228. The van der Waals surface area contributed by atoms with Crippen LogP contribution >= 0.6 is 0 Å². The number of carbonyl (C=O) groups is 1. The molecule has 1 aliphatic carbocycles. The van der Waals surface area contributed by atoms with Gasteiger partial charge in [0.15, 0.2) is 0 Å². The van der Waals surface area contributed by atoms with Crippen LogP contribution in [0.5, 0.6) is 6.01 Å². The second-order valence-corrected chi connectivity index (χ2v) is 3.48. The molecule has 14 heavy (non-hydrogen) atoms. The number of rotatable bonds is 1. The highest BCUT2D eigenvalue weighted by Crippen LogP contribution is 2.24. The Hall–Kier alpha value is -1.65. The standard InChI is InChI=1S/C9H11N3O2/c10-8(13)5-1-2-7-6(3-5)4-11-9(14)12-7/h4-5H,1-3H2,(H2,10,13)(H,11,12,14). The highest BCUT2D eigenvalue weighted by atomic mass is 16.3. The minimum Gasteiger partial charge on any atom is -0.479 e. The van der Waals surface area contributed by atoms with Crippen LogP contribution in [0, 0.1) is 5.92 Å². The Morgan fingerprint density at radius 3 is 3.14 bits per heavy atom. The van der Waals surface area contributed by atoms with Crippen molar-refractivity contribution >= 4 is 5.91 Å². The molecule has 0 aromatic carbocycles. The number of hydrogen-bond acceptors (Lipinski definition) is 4. The summed E-state index contributed by atoms with van der Waals surface area (Å²) in [6, 6.07) is -0.207. The van der Waals surface area contributed by atoms with Crippen molar-refractivity contribution in [2.45, 2.75) is 19.3 Å². The maximum atomic E-state index is 11.0. The van der Waals surface area contributed by atoms with Gasteiger partial charge in [-0.15, -0.1) is 0 Å². The van der Waals surface area contributed by atoms with Gasteiger partial charge in [-0.3, -0.25) is 4.79 Å². The number of amides is 1. The fourth-order valence-electron chi connectivity index (χ4n) is 1.74. The van der Waals surface area contributed by atoms with Gasteiger partial charge in [0.05, 0.1) is 5.69 Å². The van der Waals surface area contributed by atoms with Crippen LogP contribution in [0.1, 0.15) is 17.7 Å². The minimum absolute atomic E-state index is 0.115. The largest absolute Gasteiger partial charge is 0.479 e. The predicted molar refractivity (Wildman–Crippen MR) is 48.4 cm³/mol. The number of aryl methyl sites for hydroxylation is 1. The van der Waals surface area contributed by atoms with Crippen molar-refractivity contribution in [2.75, 3.05) is 0 Å². The van der Waals surface area contributed by atoms with Gasteiger partial charge < -0.3 is 10.8 Å². The van der Waals surface area contributed by atoms with E-state index >= 15 is 0 Å². The zero-order valence-corrected chi connectivity index (χ0v) is 7.60. The first-order valence-corrected chi connectivity index (χ1v) is 4.50. The van der Waals surface area contributed by atoms with Crippen molar-refractivity contribution in [1.82, 2.24) is 9.97 Å². The van der Waals surface area contributed by atoms with E-state index in [0.29, 0.717) is 19.3 Å². The smallest absolute Gasteiger partial charge is 0.314 e. The average Bonchev–Trinajstić information content (AvgIpc) is 2.16. The van der Waals surface area contributed by atoms with E-state index in [9.17, 15) is 4.79 Å². The van der Waals surface area contributed by atoms with E-state index in [1.165, 1.54) is 0 Å². The quantitative estimate of drug-likeness (QED) is 0.644. The molecule has 1 heterocycles. The maximum Gasteiger partial charge on any atom is 0.314 e. The van der Waals surface area contributed by atoms with E-state index in [1.807, 2.05) is 0 Å². The number of carbonyl (C=O) groups excluding carboxylic acids is 1. The van der Waals surface area contributed by atoms with Crippen LogP contribution in [0.15, 0.2) is 6.20 Å². The van der Waals surface area contributed by atoms with E-state index in [2.05, 4.69) is 9.97 Å². The summed E-state index contributed by atoms with van der Waals surface area (Å²) in [6.07, 6.45) is 3.54. The molecule has 5 nitrogen and oxygen atoms in total. The normalized spacial score (nSPS) is 20.1. The first-order chi connectivity index (χ1) is 6.66. The Kier molecular flexibility index (Phi) is 2.07. The van der Waals surface area contributed by atoms with Crippen LogP contribution in [0.4, 0.5) is 0 Å². The van der Waals surface area contributed by atoms with E-state index < -0.39 is 0 Å². The molecule has 1 unspecified atom stereocenters. The third-order valence-corrected chi connectivity index (χ3v) is 2.54. The summed E-state index contributed by atoms with van der Waals surface area (Å²) < 4.78 is 0. The number of aromatic nitrogens is 2. The topological polar surface area (TPSA) is 89.1 Å².